The lowest BCUT2D eigenvalue weighted by Gasteiger charge is -2.06. The Kier molecular flexibility index (Phi) is 4.40. The van der Waals surface area contributed by atoms with Gasteiger partial charge < -0.3 is 10.1 Å². The van der Waals surface area contributed by atoms with Crippen molar-refractivity contribution in [3.05, 3.63) is 29.6 Å². The van der Waals surface area contributed by atoms with E-state index in [4.69, 9.17) is 4.74 Å². The minimum atomic E-state index is -0.277. The maximum Gasteiger partial charge on any atom is 0.165 e. The monoisotopic (exact) mass is 197 g/mol. The van der Waals surface area contributed by atoms with Crippen LogP contribution in [0.25, 0.3) is 0 Å². The predicted molar refractivity (Wildman–Crippen MR) is 55.2 cm³/mol. The molecule has 0 saturated heterocycles. The number of likely N-dealkylation sites (N-methyl/N-ethyl adjacent to an activating group) is 1. The fourth-order valence-electron chi connectivity index (χ4n) is 1.24. The maximum atomic E-state index is 13.3. The third-order valence-corrected chi connectivity index (χ3v) is 1.96. The SMILES string of the molecule is CCOc1ccc(CCNC)cc1F. The number of nitrogens with one attached hydrogen (secondary N) is 1. The van der Waals surface area contributed by atoms with Crippen molar-refractivity contribution in [2.75, 3.05) is 20.2 Å². The molecule has 1 aromatic rings. The number of halogens is 1. The van der Waals surface area contributed by atoms with Gasteiger partial charge in [0.25, 0.3) is 0 Å². The van der Waals surface area contributed by atoms with Crippen LogP contribution in [0, 0.1) is 5.82 Å². The number of hydrogen-bond acceptors (Lipinski definition) is 2. The molecule has 0 bridgehead atoms. The van der Waals surface area contributed by atoms with E-state index >= 15 is 0 Å². The molecule has 3 heteroatoms. The summed E-state index contributed by atoms with van der Waals surface area (Å²) in [5.41, 5.74) is 0.986. The van der Waals surface area contributed by atoms with Crippen LogP contribution in [0.2, 0.25) is 0 Å². The average Bonchev–Trinajstić information content (AvgIpc) is 2.19. The summed E-state index contributed by atoms with van der Waals surface area (Å²) in [6.07, 6.45) is 0.833. The molecular weight excluding hydrogens is 181 g/mol. The summed E-state index contributed by atoms with van der Waals surface area (Å²) < 4.78 is 18.4. The molecule has 0 spiro atoms. The van der Waals surface area contributed by atoms with Gasteiger partial charge in [-0.05, 0) is 44.6 Å². The van der Waals surface area contributed by atoms with Gasteiger partial charge in [-0.25, -0.2) is 4.39 Å². The Morgan fingerprint density at radius 2 is 2.21 bits per heavy atom. The molecule has 0 aromatic heterocycles. The maximum absolute atomic E-state index is 13.3. The molecule has 0 unspecified atom stereocenters. The van der Waals surface area contributed by atoms with Crippen molar-refractivity contribution in [1.29, 1.82) is 0 Å². The Hall–Kier alpha value is -1.09. The molecule has 0 radical (unpaired) electrons. The highest BCUT2D eigenvalue weighted by molar-refractivity contribution is 5.29. The van der Waals surface area contributed by atoms with Gasteiger partial charge in [0.05, 0.1) is 6.61 Å². The first kappa shape index (κ1) is 11.0. The van der Waals surface area contributed by atoms with E-state index in [0.29, 0.717) is 12.4 Å². The van der Waals surface area contributed by atoms with Gasteiger partial charge in [-0.15, -0.1) is 0 Å². The van der Waals surface area contributed by atoms with Crippen molar-refractivity contribution in [3.8, 4) is 5.75 Å². The zero-order valence-electron chi connectivity index (χ0n) is 8.64. The lowest BCUT2D eigenvalue weighted by molar-refractivity contribution is 0.321. The second kappa shape index (κ2) is 5.60. The van der Waals surface area contributed by atoms with Crippen LogP contribution < -0.4 is 10.1 Å². The van der Waals surface area contributed by atoms with Crippen LogP contribution in [0.5, 0.6) is 5.75 Å². The van der Waals surface area contributed by atoms with E-state index in [9.17, 15) is 4.39 Å². The van der Waals surface area contributed by atoms with E-state index < -0.39 is 0 Å². The van der Waals surface area contributed by atoms with E-state index in [-0.39, 0.29) is 5.82 Å². The molecule has 0 heterocycles. The van der Waals surface area contributed by atoms with Crippen LogP contribution in [0.1, 0.15) is 12.5 Å². The van der Waals surface area contributed by atoms with Crippen molar-refractivity contribution in [2.45, 2.75) is 13.3 Å². The van der Waals surface area contributed by atoms with Crippen LogP contribution in [0.15, 0.2) is 18.2 Å². The third-order valence-electron chi connectivity index (χ3n) is 1.96. The van der Waals surface area contributed by atoms with E-state index in [0.717, 1.165) is 18.5 Å². The summed E-state index contributed by atoms with van der Waals surface area (Å²) in [4.78, 5) is 0. The molecule has 2 nitrogen and oxygen atoms in total. The van der Waals surface area contributed by atoms with Crippen molar-refractivity contribution < 1.29 is 9.13 Å². The van der Waals surface area contributed by atoms with Crippen LogP contribution in [-0.2, 0) is 6.42 Å². The fraction of sp³-hybridized carbons (Fsp3) is 0.455. The van der Waals surface area contributed by atoms with Crippen molar-refractivity contribution >= 4 is 0 Å². The summed E-state index contributed by atoms with van der Waals surface area (Å²) >= 11 is 0. The molecule has 0 saturated carbocycles. The van der Waals surface area contributed by atoms with Crippen LogP contribution in [-0.4, -0.2) is 20.2 Å². The Bertz CT molecular complexity index is 289. The van der Waals surface area contributed by atoms with Crippen LogP contribution >= 0.6 is 0 Å². The smallest absolute Gasteiger partial charge is 0.165 e. The zero-order valence-corrected chi connectivity index (χ0v) is 8.64. The first-order valence-electron chi connectivity index (χ1n) is 4.83. The quantitative estimate of drug-likeness (QED) is 0.779. The third kappa shape index (κ3) is 3.00. The Morgan fingerprint density at radius 3 is 2.79 bits per heavy atom. The minimum Gasteiger partial charge on any atom is -0.491 e. The molecule has 0 aliphatic rings. The zero-order chi connectivity index (χ0) is 10.4. The van der Waals surface area contributed by atoms with E-state index in [2.05, 4.69) is 5.32 Å². The first-order chi connectivity index (χ1) is 6.77. The molecule has 0 aliphatic heterocycles. The van der Waals surface area contributed by atoms with Crippen molar-refractivity contribution in [1.82, 2.24) is 5.32 Å². The van der Waals surface area contributed by atoms with Gasteiger partial charge in [0.2, 0.25) is 0 Å². The van der Waals surface area contributed by atoms with Gasteiger partial charge in [0.1, 0.15) is 0 Å². The molecule has 0 amide bonds. The summed E-state index contributed by atoms with van der Waals surface area (Å²) in [7, 11) is 1.88. The largest absolute Gasteiger partial charge is 0.491 e. The summed E-state index contributed by atoms with van der Waals surface area (Å²) in [5, 5.41) is 3.02. The molecule has 1 rings (SSSR count). The minimum absolute atomic E-state index is 0.277. The second-order valence-electron chi connectivity index (χ2n) is 3.05. The van der Waals surface area contributed by atoms with Crippen molar-refractivity contribution in [2.24, 2.45) is 0 Å². The highest BCUT2D eigenvalue weighted by Crippen LogP contribution is 2.18. The number of hydrogen-bond donors (Lipinski definition) is 1. The number of ether oxygens (including phenoxy) is 1. The fourth-order valence-corrected chi connectivity index (χ4v) is 1.24. The Balaban J connectivity index is 2.68. The van der Waals surface area contributed by atoms with Gasteiger partial charge in [-0.3, -0.25) is 0 Å². The number of rotatable bonds is 5. The van der Waals surface area contributed by atoms with Crippen LogP contribution in [0.3, 0.4) is 0 Å². The second-order valence-corrected chi connectivity index (χ2v) is 3.05. The first-order valence-corrected chi connectivity index (χ1v) is 4.83. The van der Waals surface area contributed by atoms with E-state index in [1.54, 1.807) is 6.07 Å². The molecule has 78 valence electrons. The normalized spacial score (nSPS) is 10.2. The Morgan fingerprint density at radius 1 is 1.43 bits per heavy atom. The molecule has 1 aromatic carbocycles. The molecule has 0 aliphatic carbocycles. The van der Waals surface area contributed by atoms with Gasteiger partial charge in [-0.2, -0.15) is 0 Å². The average molecular weight is 197 g/mol. The molecule has 14 heavy (non-hydrogen) atoms. The lowest BCUT2D eigenvalue weighted by atomic mass is 10.1. The van der Waals surface area contributed by atoms with Gasteiger partial charge in [-0.1, -0.05) is 6.07 Å². The highest BCUT2D eigenvalue weighted by Gasteiger charge is 2.03. The Labute approximate surface area is 84.1 Å². The standard InChI is InChI=1S/C11H16FNO/c1-3-14-11-5-4-9(6-7-13-2)8-10(11)12/h4-5,8,13H,3,6-7H2,1-2H3. The molecule has 0 atom stereocenters. The van der Waals surface area contributed by atoms with Crippen molar-refractivity contribution in [3.63, 3.8) is 0 Å². The molecule has 0 fully saturated rings. The van der Waals surface area contributed by atoms with E-state index in [1.165, 1.54) is 6.07 Å². The lowest BCUT2D eigenvalue weighted by Crippen LogP contribution is -2.10. The summed E-state index contributed by atoms with van der Waals surface area (Å²) in [6.45, 7) is 3.19. The summed E-state index contributed by atoms with van der Waals surface area (Å²) in [5.74, 6) is 0.0566. The van der Waals surface area contributed by atoms with Gasteiger partial charge in [0, 0.05) is 0 Å². The summed E-state index contributed by atoms with van der Waals surface area (Å²) in [6, 6.07) is 5.11. The molecule has 1 N–H and O–H groups in total. The van der Waals surface area contributed by atoms with Crippen LogP contribution in [0.4, 0.5) is 4.39 Å². The van der Waals surface area contributed by atoms with E-state index in [1.807, 2.05) is 20.0 Å². The number of benzene rings is 1. The van der Waals surface area contributed by atoms with Gasteiger partial charge >= 0.3 is 0 Å². The highest BCUT2D eigenvalue weighted by atomic mass is 19.1. The predicted octanol–water partition coefficient (Wildman–Crippen LogP) is 1.99. The van der Waals surface area contributed by atoms with Gasteiger partial charge in [0.15, 0.2) is 11.6 Å². The topological polar surface area (TPSA) is 21.3 Å². The molecular formula is C11H16FNO.